The molecular weight excluding hydrogens is 404 g/mol. The van der Waals surface area contributed by atoms with Gasteiger partial charge in [-0.25, -0.2) is 4.79 Å². The van der Waals surface area contributed by atoms with Gasteiger partial charge < -0.3 is 19.8 Å². The number of anilines is 1. The zero-order valence-electron chi connectivity index (χ0n) is 17.3. The molecule has 0 bridgehead atoms. The monoisotopic (exact) mass is 424 g/mol. The van der Waals surface area contributed by atoms with E-state index in [4.69, 9.17) is 9.47 Å². The average molecular weight is 424 g/mol. The molecule has 5 rings (SSSR count). The van der Waals surface area contributed by atoms with Crippen LogP contribution in [0.4, 0.5) is 5.69 Å². The zero-order valence-corrected chi connectivity index (χ0v) is 17.3. The molecule has 32 heavy (non-hydrogen) atoms. The number of H-pyrrole nitrogens is 1. The molecule has 3 aromatic carbocycles. The highest BCUT2D eigenvalue weighted by Crippen LogP contribution is 2.35. The number of carbonyl (C=O) groups excluding carboxylic acids is 2. The van der Waals surface area contributed by atoms with E-state index in [9.17, 15) is 9.59 Å². The summed E-state index contributed by atoms with van der Waals surface area (Å²) in [4.78, 5) is 28.5. The number of aromatic nitrogens is 1. The number of methoxy groups -OCH3 is 1. The van der Waals surface area contributed by atoms with E-state index in [1.54, 1.807) is 25.3 Å². The summed E-state index contributed by atoms with van der Waals surface area (Å²) in [7, 11) is 1.62. The van der Waals surface area contributed by atoms with Gasteiger partial charge in [-0.3, -0.25) is 4.79 Å². The largest absolute Gasteiger partial charge is 0.497 e. The van der Waals surface area contributed by atoms with Crippen molar-refractivity contribution >= 4 is 40.1 Å². The third-order valence-electron chi connectivity index (χ3n) is 5.47. The fourth-order valence-electron chi connectivity index (χ4n) is 3.79. The van der Waals surface area contributed by atoms with Gasteiger partial charge >= 0.3 is 5.97 Å². The lowest BCUT2D eigenvalue weighted by Crippen LogP contribution is -2.05. The van der Waals surface area contributed by atoms with Gasteiger partial charge in [0, 0.05) is 39.5 Å². The summed E-state index contributed by atoms with van der Waals surface area (Å²) in [5, 5.41) is 3.80. The van der Waals surface area contributed by atoms with Gasteiger partial charge in [0.15, 0.2) is 0 Å². The van der Waals surface area contributed by atoms with Crippen LogP contribution < -0.4 is 10.1 Å². The molecule has 6 heteroatoms. The van der Waals surface area contributed by atoms with Gasteiger partial charge in [-0.05, 0) is 48.0 Å². The minimum absolute atomic E-state index is 0.188. The Hall–Kier alpha value is -4.32. The fourth-order valence-corrected chi connectivity index (χ4v) is 3.79. The van der Waals surface area contributed by atoms with Crippen LogP contribution in [0.25, 0.3) is 22.6 Å². The molecule has 1 aliphatic heterocycles. The molecule has 1 amide bonds. The van der Waals surface area contributed by atoms with E-state index in [1.165, 1.54) is 0 Å². The van der Waals surface area contributed by atoms with Crippen molar-refractivity contribution in [3.63, 3.8) is 0 Å². The minimum Gasteiger partial charge on any atom is -0.497 e. The van der Waals surface area contributed by atoms with Crippen LogP contribution in [0, 0.1) is 0 Å². The maximum atomic E-state index is 12.7. The number of hydrogen-bond acceptors (Lipinski definition) is 4. The maximum absolute atomic E-state index is 12.7. The smallest absolute Gasteiger partial charge is 0.338 e. The Balaban J connectivity index is 1.46. The Labute approximate surface area is 184 Å². The topological polar surface area (TPSA) is 80.4 Å². The molecule has 158 valence electrons. The lowest BCUT2D eigenvalue weighted by atomic mass is 10.0. The summed E-state index contributed by atoms with van der Waals surface area (Å²) >= 11 is 0. The molecule has 1 aromatic heterocycles. The van der Waals surface area contributed by atoms with Crippen molar-refractivity contribution in [2.24, 2.45) is 0 Å². The number of amides is 1. The fraction of sp³-hybridized carbons (Fsp3) is 0.0769. The van der Waals surface area contributed by atoms with Crippen LogP contribution in [0.1, 0.15) is 27.0 Å². The third-order valence-corrected chi connectivity index (χ3v) is 5.47. The highest BCUT2D eigenvalue weighted by molar-refractivity contribution is 6.35. The molecule has 0 saturated carbocycles. The Morgan fingerprint density at radius 2 is 1.88 bits per heavy atom. The number of ether oxygens (including phenoxy) is 2. The molecule has 2 N–H and O–H groups in total. The van der Waals surface area contributed by atoms with Crippen LogP contribution in [0.5, 0.6) is 5.75 Å². The second-order valence-electron chi connectivity index (χ2n) is 7.49. The number of carbonyl (C=O) groups is 2. The first-order valence-electron chi connectivity index (χ1n) is 10.2. The van der Waals surface area contributed by atoms with Crippen molar-refractivity contribution in [2.45, 2.75) is 6.61 Å². The van der Waals surface area contributed by atoms with Crippen molar-refractivity contribution in [2.75, 3.05) is 12.4 Å². The van der Waals surface area contributed by atoms with Crippen LogP contribution >= 0.6 is 0 Å². The molecule has 0 radical (unpaired) electrons. The molecule has 1 aliphatic rings. The summed E-state index contributed by atoms with van der Waals surface area (Å²) in [6.07, 6.45) is 3.67. The van der Waals surface area contributed by atoms with Gasteiger partial charge in [0.05, 0.1) is 12.7 Å². The summed E-state index contributed by atoms with van der Waals surface area (Å²) in [6.45, 7) is 0.188. The number of aromatic amines is 1. The number of rotatable bonds is 5. The number of esters is 1. The van der Waals surface area contributed by atoms with Crippen LogP contribution in [0.2, 0.25) is 0 Å². The van der Waals surface area contributed by atoms with Crippen molar-refractivity contribution < 1.29 is 19.1 Å². The molecule has 2 heterocycles. The van der Waals surface area contributed by atoms with Crippen LogP contribution in [-0.4, -0.2) is 24.0 Å². The number of nitrogens with one attached hydrogen (secondary N) is 2. The first-order chi connectivity index (χ1) is 15.6. The Bertz CT molecular complexity index is 1370. The van der Waals surface area contributed by atoms with Gasteiger partial charge in [-0.15, -0.1) is 0 Å². The minimum atomic E-state index is -0.438. The number of benzene rings is 3. The van der Waals surface area contributed by atoms with Gasteiger partial charge in [0.1, 0.15) is 12.4 Å². The molecule has 0 atom stereocenters. The first kappa shape index (κ1) is 19.6. The van der Waals surface area contributed by atoms with E-state index in [0.29, 0.717) is 22.4 Å². The summed E-state index contributed by atoms with van der Waals surface area (Å²) in [6, 6.07) is 20.3. The summed E-state index contributed by atoms with van der Waals surface area (Å²) in [5.74, 6) is 0.0794. The summed E-state index contributed by atoms with van der Waals surface area (Å²) in [5.41, 5.74) is 4.92. The Kier molecular flexibility index (Phi) is 4.95. The average Bonchev–Trinajstić information content (AvgIpc) is 3.37. The highest BCUT2D eigenvalue weighted by Gasteiger charge is 2.26. The van der Waals surface area contributed by atoms with E-state index >= 15 is 0 Å². The molecule has 0 saturated heterocycles. The second kappa shape index (κ2) is 8.07. The molecule has 4 aromatic rings. The van der Waals surface area contributed by atoms with Crippen LogP contribution in [-0.2, 0) is 16.1 Å². The standard InChI is InChI=1S/C26H20N2O4/c1-31-19-8-10-23-20(13-19)18(14-27-23)12-22-21-11-17(7-9-24(21)28-25(22)29)26(30)32-15-16-5-3-2-4-6-16/h2-14,27H,15H2,1H3,(H,28,29)/b22-12+. The molecule has 0 spiro atoms. The van der Waals surface area contributed by atoms with E-state index in [-0.39, 0.29) is 12.5 Å². The molecule has 0 fully saturated rings. The van der Waals surface area contributed by atoms with Gasteiger partial charge in [0.2, 0.25) is 0 Å². The van der Waals surface area contributed by atoms with Crippen molar-refractivity contribution in [3.8, 4) is 5.75 Å². The Morgan fingerprint density at radius 1 is 1.03 bits per heavy atom. The predicted octanol–water partition coefficient (Wildman–Crippen LogP) is 5.03. The molecule has 0 unspecified atom stereocenters. The number of fused-ring (bicyclic) bond motifs is 2. The van der Waals surface area contributed by atoms with E-state index < -0.39 is 5.97 Å². The lowest BCUT2D eigenvalue weighted by Gasteiger charge is -2.07. The van der Waals surface area contributed by atoms with Crippen molar-refractivity contribution in [1.82, 2.24) is 4.98 Å². The van der Waals surface area contributed by atoms with Gasteiger partial charge in [-0.1, -0.05) is 30.3 Å². The first-order valence-corrected chi connectivity index (χ1v) is 10.2. The van der Waals surface area contributed by atoms with E-state index in [0.717, 1.165) is 27.8 Å². The second-order valence-corrected chi connectivity index (χ2v) is 7.49. The molecule has 6 nitrogen and oxygen atoms in total. The highest BCUT2D eigenvalue weighted by atomic mass is 16.5. The van der Waals surface area contributed by atoms with Crippen molar-refractivity contribution in [3.05, 3.63) is 95.2 Å². The van der Waals surface area contributed by atoms with E-state index in [1.807, 2.05) is 60.8 Å². The van der Waals surface area contributed by atoms with Crippen molar-refractivity contribution in [1.29, 1.82) is 0 Å². The summed E-state index contributed by atoms with van der Waals surface area (Å²) < 4.78 is 10.8. The normalized spacial score (nSPS) is 13.8. The zero-order chi connectivity index (χ0) is 22.1. The van der Waals surface area contributed by atoms with Crippen LogP contribution in [0.15, 0.2) is 72.9 Å². The number of hydrogen-bond donors (Lipinski definition) is 2. The molecular formula is C26H20N2O4. The third kappa shape index (κ3) is 3.63. The van der Waals surface area contributed by atoms with Crippen LogP contribution in [0.3, 0.4) is 0 Å². The quantitative estimate of drug-likeness (QED) is 0.348. The molecule has 0 aliphatic carbocycles. The lowest BCUT2D eigenvalue weighted by molar-refractivity contribution is -0.110. The Morgan fingerprint density at radius 3 is 2.69 bits per heavy atom. The SMILES string of the molecule is COc1ccc2[nH]cc(/C=C3/C(=O)Nc4ccc(C(=O)OCc5ccccc5)cc43)c2c1. The maximum Gasteiger partial charge on any atom is 0.338 e. The van der Waals surface area contributed by atoms with Gasteiger partial charge in [0.25, 0.3) is 5.91 Å². The van der Waals surface area contributed by atoms with E-state index in [2.05, 4.69) is 10.3 Å². The van der Waals surface area contributed by atoms with Gasteiger partial charge in [-0.2, -0.15) is 0 Å². The predicted molar refractivity (Wildman–Crippen MR) is 123 cm³/mol.